The van der Waals surface area contributed by atoms with E-state index in [1.54, 1.807) is 13.4 Å². The van der Waals surface area contributed by atoms with Crippen LogP contribution in [-0.2, 0) is 0 Å². The van der Waals surface area contributed by atoms with E-state index in [1.807, 2.05) is 35.0 Å². The molecule has 1 aliphatic rings. The monoisotopic (exact) mass is 324 g/mol. The lowest BCUT2D eigenvalue weighted by molar-refractivity contribution is 0.406. The van der Waals surface area contributed by atoms with Gasteiger partial charge in [0.15, 0.2) is 0 Å². The molecule has 1 N–H and O–H groups in total. The summed E-state index contributed by atoms with van der Waals surface area (Å²) in [5, 5.41) is 7.73. The van der Waals surface area contributed by atoms with Crippen molar-refractivity contribution in [2.75, 3.05) is 12.4 Å². The highest BCUT2D eigenvalue weighted by molar-refractivity contribution is 5.39. The van der Waals surface area contributed by atoms with Crippen molar-refractivity contribution in [2.24, 2.45) is 0 Å². The number of nitrogens with zero attached hydrogens (tertiary/aromatic N) is 3. The van der Waals surface area contributed by atoms with Crippen LogP contribution >= 0.6 is 0 Å². The number of nitrogens with one attached hydrogen (secondary N) is 1. The number of halogens is 1. The first-order chi connectivity index (χ1) is 11.7. The lowest BCUT2D eigenvalue weighted by Crippen LogP contribution is -2.28. The van der Waals surface area contributed by atoms with E-state index in [1.165, 1.54) is 12.1 Å². The third-order valence-corrected chi connectivity index (χ3v) is 4.38. The van der Waals surface area contributed by atoms with Gasteiger partial charge in [0.25, 0.3) is 0 Å². The van der Waals surface area contributed by atoms with E-state index in [4.69, 9.17) is 4.74 Å². The van der Waals surface area contributed by atoms with Crippen molar-refractivity contribution < 1.29 is 9.13 Å². The average Bonchev–Trinajstić information content (AvgIpc) is 3.10. The standard InChI is InChI=1S/C18H17FN4O/c1-24-15-4-2-3-13(9-15)17-10-16(12-5-7-14(19)8-6-12)22-18-20-11-21-23(17)18/h2-9,11,16-17H,10H2,1H3,(H,20,21,22). The van der Waals surface area contributed by atoms with Gasteiger partial charge in [-0.05, 0) is 41.8 Å². The van der Waals surface area contributed by atoms with Crippen molar-refractivity contribution in [2.45, 2.75) is 18.5 Å². The predicted octanol–water partition coefficient (Wildman–Crippen LogP) is 3.57. The number of fused-ring (bicyclic) bond motifs is 1. The van der Waals surface area contributed by atoms with Gasteiger partial charge in [-0.1, -0.05) is 24.3 Å². The minimum Gasteiger partial charge on any atom is -0.497 e. The van der Waals surface area contributed by atoms with Gasteiger partial charge in [0.2, 0.25) is 5.95 Å². The molecule has 0 aliphatic carbocycles. The molecular weight excluding hydrogens is 307 g/mol. The topological polar surface area (TPSA) is 52.0 Å². The maximum Gasteiger partial charge on any atom is 0.222 e. The van der Waals surface area contributed by atoms with Gasteiger partial charge in [0, 0.05) is 0 Å². The highest BCUT2D eigenvalue weighted by Crippen LogP contribution is 2.37. The summed E-state index contributed by atoms with van der Waals surface area (Å²) in [5.74, 6) is 1.29. The van der Waals surface area contributed by atoms with Gasteiger partial charge in [0.1, 0.15) is 17.9 Å². The molecule has 2 atom stereocenters. The molecule has 0 spiro atoms. The normalized spacial score (nSPS) is 19.4. The van der Waals surface area contributed by atoms with E-state index in [-0.39, 0.29) is 17.9 Å². The van der Waals surface area contributed by atoms with Crippen LogP contribution in [-0.4, -0.2) is 21.9 Å². The molecule has 2 unspecified atom stereocenters. The molecule has 0 saturated heterocycles. The quantitative estimate of drug-likeness (QED) is 0.800. The number of ether oxygens (including phenoxy) is 1. The fourth-order valence-electron chi connectivity index (χ4n) is 3.16. The first-order valence-corrected chi connectivity index (χ1v) is 7.80. The van der Waals surface area contributed by atoms with Gasteiger partial charge < -0.3 is 10.1 Å². The van der Waals surface area contributed by atoms with Crippen LogP contribution in [0.1, 0.15) is 29.6 Å². The van der Waals surface area contributed by atoms with E-state index < -0.39 is 0 Å². The van der Waals surface area contributed by atoms with E-state index in [2.05, 4.69) is 21.5 Å². The molecule has 3 aromatic rings. The Balaban J connectivity index is 1.72. The first-order valence-electron chi connectivity index (χ1n) is 7.80. The summed E-state index contributed by atoms with van der Waals surface area (Å²) in [6, 6.07) is 14.6. The lowest BCUT2D eigenvalue weighted by atomic mass is 9.93. The molecular formula is C18H17FN4O. The summed E-state index contributed by atoms with van der Waals surface area (Å²) in [4.78, 5) is 4.30. The Morgan fingerprint density at radius 1 is 1.17 bits per heavy atom. The lowest BCUT2D eigenvalue weighted by Gasteiger charge is -2.32. The Bertz CT molecular complexity index is 846. The third-order valence-electron chi connectivity index (χ3n) is 4.38. The van der Waals surface area contributed by atoms with E-state index in [9.17, 15) is 4.39 Å². The Morgan fingerprint density at radius 2 is 2.00 bits per heavy atom. The van der Waals surface area contributed by atoms with Gasteiger partial charge in [-0.3, -0.25) is 0 Å². The Hall–Kier alpha value is -2.89. The predicted molar refractivity (Wildman–Crippen MR) is 88.5 cm³/mol. The number of anilines is 1. The van der Waals surface area contributed by atoms with Crippen molar-refractivity contribution in [3.63, 3.8) is 0 Å². The number of methoxy groups -OCH3 is 1. The van der Waals surface area contributed by atoms with Crippen LogP contribution < -0.4 is 10.1 Å². The highest BCUT2D eigenvalue weighted by atomic mass is 19.1. The molecule has 24 heavy (non-hydrogen) atoms. The second-order valence-electron chi connectivity index (χ2n) is 5.80. The second kappa shape index (κ2) is 5.96. The van der Waals surface area contributed by atoms with Crippen molar-refractivity contribution in [1.82, 2.24) is 14.8 Å². The maximum atomic E-state index is 13.2. The largest absolute Gasteiger partial charge is 0.497 e. The van der Waals surface area contributed by atoms with Gasteiger partial charge >= 0.3 is 0 Å². The zero-order valence-corrected chi connectivity index (χ0v) is 13.2. The molecule has 1 aliphatic heterocycles. The zero-order valence-electron chi connectivity index (χ0n) is 13.2. The molecule has 0 radical (unpaired) electrons. The molecule has 0 bridgehead atoms. The number of hydrogen-bond donors (Lipinski definition) is 1. The molecule has 122 valence electrons. The molecule has 5 nitrogen and oxygen atoms in total. The molecule has 0 amide bonds. The minimum atomic E-state index is -0.234. The molecule has 4 rings (SSSR count). The number of hydrogen-bond acceptors (Lipinski definition) is 4. The minimum absolute atomic E-state index is 0.0360. The van der Waals surface area contributed by atoms with Crippen LogP contribution in [0.15, 0.2) is 54.9 Å². The van der Waals surface area contributed by atoms with Crippen molar-refractivity contribution in [3.8, 4) is 5.75 Å². The Kier molecular flexibility index (Phi) is 3.65. The SMILES string of the molecule is COc1cccc(C2CC(c3ccc(F)cc3)Nc3ncnn32)c1. The van der Waals surface area contributed by atoms with E-state index in [0.717, 1.165) is 23.3 Å². The molecule has 2 aromatic carbocycles. The molecule has 6 heteroatoms. The van der Waals surface area contributed by atoms with Crippen molar-refractivity contribution >= 4 is 5.95 Å². The van der Waals surface area contributed by atoms with Crippen LogP contribution in [0.5, 0.6) is 5.75 Å². The number of rotatable bonds is 3. The fourth-order valence-corrected chi connectivity index (χ4v) is 3.16. The van der Waals surface area contributed by atoms with Crippen LogP contribution in [0, 0.1) is 5.82 Å². The second-order valence-corrected chi connectivity index (χ2v) is 5.80. The average molecular weight is 324 g/mol. The summed E-state index contributed by atoms with van der Waals surface area (Å²) in [5.41, 5.74) is 2.13. The van der Waals surface area contributed by atoms with Crippen LogP contribution in [0.2, 0.25) is 0 Å². The van der Waals surface area contributed by atoms with E-state index in [0.29, 0.717) is 5.95 Å². The van der Waals surface area contributed by atoms with Gasteiger partial charge in [0.05, 0.1) is 19.2 Å². The molecule has 2 heterocycles. The summed E-state index contributed by atoms with van der Waals surface area (Å²) < 4.78 is 20.4. The van der Waals surface area contributed by atoms with Gasteiger partial charge in [-0.25, -0.2) is 9.07 Å². The summed E-state index contributed by atoms with van der Waals surface area (Å²) in [6.07, 6.45) is 2.33. The summed E-state index contributed by atoms with van der Waals surface area (Å²) in [7, 11) is 1.66. The molecule has 1 aromatic heterocycles. The first kappa shape index (κ1) is 14.7. The Morgan fingerprint density at radius 3 is 2.79 bits per heavy atom. The Labute approximate surface area is 139 Å². The maximum absolute atomic E-state index is 13.2. The number of aromatic nitrogens is 3. The van der Waals surface area contributed by atoms with Gasteiger partial charge in [-0.2, -0.15) is 10.1 Å². The van der Waals surface area contributed by atoms with E-state index >= 15 is 0 Å². The van der Waals surface area contributed by atoms with Crippen molar-refractivity contribution in [1.29, 1.82) is 0 Å². The van der Waals surface area contributed by atoms with Crippen LogP contribution in [0.4, 0.5) is 10.3 Å². The smallest absolute Gasteiger partial charge is 0.222 e. The zero-order chi connectivity index (χ0) is 16.5. The molecule has 0 saturated carbocycles. The number of benzene rings is 2. The highest BCUT2D eigenvalue weighted by Gasteiger charge is 2.30. The third kappa shape index (κ3) is 2.60. The molecule has 0 fully saturated rings. The van der Waals surface area contributed by atoms with Gasteiger partial charge in [-0.15, -0.1) is 0 Å². The summed E-state index contributed by atoms with van der Waals surface area (Å²) in [6.45, 7) is 0. The van der Waals surface area contributed by atoms with Crippen LogP contribution in [0.25, 0.3) is 0 Å². The fraction of sp³-hybridized carbons (Fsp3) is 0.222. The van der Waals surface area contributed by atoms with Crippen molar-refractivity contribution in [3.05, 3.63) is 71.8 Å². The summed E-state index contributed by atoms with van der Waals surface area (Å²) >= 11 is 0. The van der Waals surface area contributed by atoms with Crippen LogP contribution in [0.3, 0.4) is 0 Å².